The van der Waals surface area contributed by atoms with Crippen LogP contribution in [0.25, 0.3) is 0 Å². The summed E-state index contributed by atoms with van der Waals surface area (Å²) in [6, 6.07) is 0. The monoisotopic (exact) mass is 134 g/mol. The van der Waals surface area contributed by atoms with Crippen LogP contribution in [0.5, 0.6) is 0 Å². The van der Waals surface area contributed by atoms with Gasteiger partial charge < -0.3 is 20.4 Å². The fourth-order valence-corrected chi connectivity index (χ4v) is 0.347. The highest BCUT2D eigenvalue weighted by atomic mass is 16.5. The van der Waals surface area contributed by atoms with Crippen LogP contribution in [0.4, 0.5) is 0 Å². The summed E-state index contributed by atoms with van der Waals surface area (Å²) in [5.74, 6) is -0.268. The van der Waals surface area contributed by atoms with E-state index in [0.717, 1.165) is 0 Å². The molecule has 0 saturated carbocycles. The van der Waals surface area contributed by atoms with Gasteiger partial charge in [0.25, 0.3) is 0 Å². The summed E-state index contributed by atoms with van der Waals surface area (Å²) in [6.07, 6.45) is -3.37. The first kappa shape index (κ1) is 8.42. The Hall–Kier alpha value is -0.580. The lowest BCUT2D eigenvalue weighted by Gasteiger charge is -2.10. The summed E-state index contributed by atoms with van der Waals surface area (Å²) in [5, 5.41) is 33.4. The SMILES string of the molecule is C=C(O)CC(O)C(O)O. The van der Waals surface area contributed by atoms with Gasteiger partial charge in [-0.3, -0.25) is 0 Å². The van der Waals surface area contributed by atoms with E-state index >= 15 is 0 Å². The first-order valence-electron chi connectivity index (χ1n) is 2.45. The molecule has 4 N–H and O–H groups in total. The highest BCUT2D eigenvalue weighted by molar-refractivity contribution is 4.82. The molecule has 1 atom stereocenters. The quantitative estimate of drug-likeness (QED) is 0.298. The van der Waals surface area contributed by atoms with Crippen molar-refractivity contribution in [2.45, 2.75) is 18.8 Å². The van der Waals surface area contributed by atoms with Crippen LogP contribution in [-0.4, -0.2) is 32.8 Å². The fraction of sp³-hybridized carbons (Fsp3) is 0.600. The molecular weight excluding hydrogens is 124 g/mol. The molecule has 0 bridgehead atoms. The van der Waals surface area contributed by atoms with Gasteiger partial charge in [-0.05, 0) is 0 Å². The zero-order valence-electron chi connectivity index (χ0n) is 4.86. The second-order valence-corrected chi connectivity index (χ2v) is 1.75. The smallest absolute Gasteiger partial charge is 0.178 e. The standard InChI is InChI=1S/C5H10O4/c1-3(6)2-4(7)5(8)9/h4-9H,1-2H2. The average molecular weight is 134 g/mol. The number of aliphatic hydroxyl groups excluding tert-OH is 3. The maximum Gasteiger partial charge on any atom is 0.178 e. The van der Waals surface area contributed by atoms with Crippen molar-refractivity contribution in [2.75, 3.05) is 0 Å². The summed E-state index contributed by atoms with van der Waals surface area (Å²) in [7, 11) is 0. The Bertz CT molecular complexity index is 99.1. The van der Waals surface area contributed by atoms with Crippen molar-refractivity contribution in [3.8, 4) is 0 Å². The van der Waals surface area contributed by atoms with Crippen LogP contribution in [0.1, 0.15) is 6.42 Å². The maximum absolute atomic E-state index is 8.58. The van der Waals surface area contributed by atoms with Crippen molar-refractivity contribution in [1.29, 1.82) is 0 Å². The van der Waals surface area contributed by atoms with Crippen molar-refractivity contribution >= 4 is 0 Å². The molecule has 0 aliphatic rings. The van der Waals surface area contributed by atoms with E-state index < -0.39 is 12.4 Å². The van der Waals surface area contributed by atoms with E-state index in [1.165, 1.54) is 0 Å². The molecule has 0 saturated heterocycles. The largest absolute Gasteiger partial charge is 0.513 e. The Kier molecular flexibility index (Phi) is 3.22. The van der Waals surface area contributed by atoms with E-state index in [2.05, 4.69) is 6.58 Å². The van der Waals surface area contributed by atoms with E-state index in [-0.39, 0.29) is 12.2 Å². The average Bonchev–Trinajstić information content (AvgIpc) is 1.63. The molecule has 4 nitrogen and oxygen atoms in total. The molecule has 0 aliphatic carbocycles. The molecule has 0 aromatic rings. The van der Waals surface area contributed by atoms with E-state index in [1.807, 2.05) is 0 Å². The third-order valence-electron chi connectivity index (χ3n) is 0.789. The molecule has 0 aromatic carbocycles. The Balaban J connectivity index is 3.50. The predicted molar refractivity (Wildman–Crippen MR) is 30.6 cm³/mol. The predicted octanol–water partition coefficient (Wildman–Crippen LogP) is -0.880. The van der Waals surface area contributed by atoms with Gasteiger partial charge in [0.2, 0.25) is 0 Å². The van der Waals surface area contributed by atoms with Crippen molar-refractivity contribution in [3.63, 3.8) is 0 Å². The Morgan fingerprint density at radius 1 is 1.33 bits per heavy atom. The number of rotatable bonds is 3. The number of hydrogen-bond donors (Lipinski definition) is 4. The highest BCUT2D eigenvalue weighted by Crippen LogP contribution is 2.01. The van der Waals surface area contributed by atoms with Gasteiger partial charge in [0.15, 0.2) is 6.29 Å². The van der Waals surface area contributed by atoms with E-state index in [4.69, 9.17) is 20.4 Å². The molecule has 1 unspecified atom stereocenters. The molecule has 0 spiro atoms. The second-order valence-electron chi connectivity index (χ2n) is 1.75. The lowest BCUT2D eigenvalue weighted by atomic mass is 10.2. The van der Waals surface area contributed by atoms with Crippen LogP contribution in [0.2, 0.25) is 0 Å². The molecule has 0 aliphatic heterocycles. The molecule has 4 heteroatoms. The summed E-state index contributed by atoms with van der Waals surface area (Å²) < 4.78 is 0. The second kappa shape index (κ2) is 3.45. The van der Waals surface area contributed by atoms with E-state index in [9.17, 15) is 0 Å². The number of aliphatic hydroxyl groups is 4. The zero-order valence-corrected chi connectivity index (χ0v) is 4.86. The first-order chi connectivity index (χ1) is 4.04. The minimum Gasteiger partial charge on any atom is -0.513 e. The topological polar surface area (TPSA) is 80.9 Å². The van der Waals surface area contributed by atoms with E-state index in [0.29, 0.717) is 0 Å². The lowest BCUT2D eigenvalue weighted by molar-refractivity contribution is -0.122. The van der Waals surface area contributed by atoms with Gasteiger partial charge in [0.05, 0.1) is 5.76 Å². The van der Waals surface area contributed by atoms with Gasteiger partial charge in [-0.2, -0.15) is 0 Å². The fourth-order valence-electron chi connectivity index (χ4n) is 0.347. The molecule has 0 amide bonds. The van der Waals surface area contributed by atoms with Crippen LogP contribution in [0.3, 0.4) is 0 Å². The summed E-state index contributed by atoms with van der Waals surface area (Å²) >= 11 is 0. The maximum atomic E-state index is 8.58. The van der Waals surface area contributed by atoms with Crippen LogP contribution in [0, 0.1) is 0 Å². The molecule has 0 heterocycles. The van der Waals surface area contributed by atoms with Crippen LogP contribution in [0.15, 0.2) is 12.3 Å². The summed E-state index contributed by atoms with van der Waals surface area (Å²) in [5.41, 5.74) is 0. The van der Waals surface area contributed by atoms with Gasteiger partial charge in [-0.15, -0.1) is 0 Å². The Labute approximate surface area is 52.7 Å². The third kappa shape index (κ3) is 3.96. The van der Waals surface area contributed by atoms with Gasteiger partial charge in [0, 0.05) is 6.42 Å². The Morgan fingerprint density at radius 2 is 1.78 bits per heavy atom. The van der Waals surface area contributed by atoms with Gasteiger partial charge in [-0.1, -0.05) is 6.58 Å². The Morgan fingerprint density at radius 3 is 1.89 bits per heavy atom. The van der Waals surface area contributed by atoms with Gasteiger partial charge in [-0.25, -0.2) is 0 Å². The summed E-state index contributed by atoms with van der Waals surface area (Å²) in [6.45, 7) is 3.05. The molecule has 0 fully saturated rings. The highest BCUT2D eigenvalue weighted by Gasteiger charge is 2.12. The summed E-state index contributed by atoms with van der Waals surface area (Å²) in [4.78, 5) is 0. The molecule has 0 aromatic heterocycles. The normalized spacial score (nSPS) is 13.8. The van der Waals surface area contributed by atoms with Crippen molar-refractivity contribution in [1.82, 2.24) is 0 Å². The molecule has 0 rings (SSSR count). The minimum atomic E-state index is -1.81. The van der Waals surface area contributed by atoms with E-state index in [1.54, 1.807) is 0 Å². The third-order valence-corrected chi connectivity index (χ3v) is 0.789. The van der Waals surface area contributed by atoms with Gasteiger partial charge in [0.1, 0.15) is 6.10 Å². The molecular formula is C5H10O4. The van der Waals surface area contributed by atoms with Crippen molar-refractivity contribution in [2.24, 2.45) is 0 Å². The zero-order chi connectivity index (χ0) is 7.44. The lowest BCUT2D eigenvalue weighted by Crippen LogP contribution is -2.25. The van der Waals surface area contributed by atoms with Crippen LogP contribution < -0.4 is 0 Å². The van der Waals surface area contributed by atoms with Crippen molar-refractivity contribution < 1.29 is 20.4 Å². The molecule has 0 radical (unpaired) electrons. The van der Waals surface area contributed by atoms with Crippen molar-refractivity contribution in [3.05, 3.63) is 12.3 Å². The van der Waals surface area contributed by atoms with Crippen LogP contribution >= 0.6 is 0 Å². The number of hydrogen-bond acceptors (Lipinski definition) is 4. The molecule has 9 heavy (non-hydrogen) atoms. The van der Waals surface area contributed by atoms with Gasteiger partial charge >= 0.3 is 0 Å². The first-order valence-corrected chi connectivity index (χ1v) is 2.45. The minimum absolute atomic E-state index is 0.211. The molecule has 54 valence electrons. The van der Waals surface area contributed by atoms with Crippen LogP contribution in [-0.2, 0) is 0 Å².